The van der Waals surface area contributed by atoms with E-state index in [2.05, 4.69) is 174 Å². The van der Waals surface area contributed by atoms with Crippen LogP contribution < -0.4 is 4.90 Å². The van der Waals surface area contributed by atoms with Gasteiger partial charge in [0.1, 0.15) is 0 Å². The Bertz CT molecular complexity index is 2640. The third-order valence-corrected chi connectivity index (χ3v) is 16.9. The zero-order valence-electron chi connectivity index (χ0n) is 35.3. The number of hydrogen-bond acceptors (Lipinski definition) is 1. The van der Waals surface area contributed by atoms with Crippen molar-refractivity contribution in [2.45, 2.75) is 108 Å². The van der Waals surface area contributed by atoms with E-state index in [4.69, 9.17) is 0 Å². The van der Waals surface area contributed by atoms with Gasteiger partial charge in [-0.05, 0) is 171 Å². The van der Waals surface area contributed by atoms with E-state index in [-0.39, 0.29) is 21.7 Å². The highest BCUT2D eigenvalue weighted by atomic mass is 15.1. The Balaban J connectivity index is 1.17. The highest BCUT2D eigenvalue weighted by molar-refractivity contribution is 6.00. The second-order valence-electron chi connectivity index (χ2n) is 21.2. The van der Waals surface area contributed by atoms with Crippen LogP contribution in [0.5, 0.6) is 0 Å². The molecule has 0 aromatic heterocycles. The molecule has 4 bridgehead atoms. The molecule has 4 saturated carbocycles. The quantitative estimate of drug-likeness (QED) is 0.173. The Kier molecular flexibility index (Phi) is 7.18. The van der Waals surface area contributed by atoms with Crippen LogP contribution in [0, 0.1) is 23.7 Å². The molecule has 7 aliphatic rings. The molecule has 0 radical (unpaired) electrons. The molecule has 0 N–H and O–H groups in total. The van der Waals surface area contributed by atoms with Crippen molar-refractivity contribution in [1.82, 2.24) is 0 Å². The van der Waals surface area contributed by atoms with E-state index >= 15 is 0 Å². The van der Waals surface area contributed by atoms with Gasteiger partial charge in [0.15, 0.2) is 0 Å². The fourth-order valence-corrected chi connectivity index (χ4v) is 14.3. The van der Waals surface area contributed by atoms with Crippen molar-refractivity contribution in [2.75, 3.05) is 4.90 Å². The minimum atomic E-state index is -0.0916. The molecule has 1 heteroatoms. The summed E-state index contributed by atoms with van der Waals surface area (Å²) in [6.07, 6.45) is 9.37. The fourth-order valence-electron chi connectivity index (χ4n) is 14.3. The van der Waals surface area contributed by atoms with E-state index < -0.39 is 0 Å². The molecule has 290 valence electrons. The second-order valence-corrected chi connectivity index (χ2v) is 21.2. The molecule has 13 rings (SSSR count). The van der Waals surface area contributed by atoms with E-state index in [1.54, 1.807) is 11.1 Å². The van der Waals surface area contributed by atoms with Gasteiger partial charge in [0, 0.05) is 27.8 Å². The lowest BCUT2D eigenvalue weighted by Crippen LogP contribution is -2.55. The molecule has 7 aliphatic carbocycles. The number of rotatable bonds is 4. The summed E-state index contributed by atoms with van der Waals surface area (Å²) >= 11 is 0. The number of anilines is 3. The van der Waals surface area contributed by atoms with Gasteiger partial charge in [-0.1, -0.05) is 139 Å². The van der Waals surface area contributed by atoms with Gasteiger partial charge < -0.3 is 4.90 Å². The summed E-state index contributed by atoms with van der Waals surface area (Å²) in [5.74, 6) is 3.16. The molecular formula is C57H57N. The fraction of sp³-hybridized carbons (Fsp3) is 0.368. The van der Waals surface area contributed by atoms with Gasteiger partial charge in [0.2, 0.25) is 0 Å². The Labute approximate surface area is 346 Å². The van der Waals surface area contributed by atoms with Crippen LogP contribution in [0.2, 0.25) is 0 Å². The summed E-state index contributed by atoms with van der Waals surface area (Å²) in [7, 11) is 0. The van der Waals surface area contributed by atoms with Gasteiger partial charge in [-0.15, -0.1) is 0 Å². The third kappa shape index (κ3) is 4.60. The van der Waals surface area contributed by atoms with Gasteiger partial charge in [-0.3, -0.25) is 0 Å². The van der Waals surface area contributed by atoms with Gasteiger partial charge in [-0.2, -0.15) is 0 Å². The number of fused-ring (bicyclic) bond motifs is 7. The van der Waals surface area contributed by atoms with Crippen molar-refractivity contribution in [2.24, 2.45) is 23.7 Å². The lowest BCUT2D eigenvalue weighted by Gasteiger charge is -2.61. The molecule has 1 spiro atoms. The zero-order chi connectivity index (χ0) is 39.3. The standard InChI is InChI=1S/C57H57N/c1-54(2)26-27-55(3,4)50-34-41(21-24-48(50)54)58(40-20-22-44-43-16-10-12-18-46(43)56(5,6)49(44)33-40)51-25-23-42(37-14-8-7-9-15-37)53-52(51)45-17-11-13-19-47(45)57(53)38-29-35-28-36(31-38)32-39(57)30-35/h7-25,33-36,38-39H,26-32H2,1-6H3. The Morgan fingerprint density at radius 3 is 1.71 bits per heavy atom. The number of hydrogen-bond donors (Lipinski definition) is 0. The van der Waals surface area contributed by atoms with Crippen molar-refractivity contribution in [1.29, 1.82) is 0 Å². The molecule has 0 heterocycles. The molecule has 0 atom stereocenters. The molecule has 0 saturated heterocycles. The average molecular weight is 756 g/mol. The normalized spacial score (nSPS) is 26.8. The zero-order valence-corrected chi connectivity index (χ0v) is 35.3. The van der Waals surface area contributed by atoms with Gasteiger partial charge >= 0.3 is 0 Å². The van der Waals surface area contributed by atoms with Crippen LogP contribution in [0.15, 0.2) is 127 Å². The maximum Gasteiger partial charge on any atom is 0.0543 e. The summed E-state index contributed by atoms with van der Waals surface area (Å²) in [4.78, 5) is 2.69. The Hall–Kier alpha value is -4.88. The predicted octanol–water partition coefficient (Wildman–Crippen LogP) is 15.2. The smallest absolute Gasteiger partial charge is 0.0543 e. The largest absolute Gasteiger partial charge is 0.310 e. The molecule has 4 fully saturated rings. The molecule has 58 heavy (non-hydrogen) atoms. The molecule has 6 aromatic carbocycles. The van der Waals surface area contributed by atoms with E-state index in [0.717, 1.165) is 11.8 Å². The molecule has 6 aromatic rings. The van der Waals surface area contributed by atoms with Crippen LogP contribution in [-0.2, 0) is 21.7 Å². The van der Waals surface area contributed by atoms with Crippen molar-refractivity contribution in [3.63, 3.8) is 0 Å². The van der Waals surface area contributed by atoms with Gasteiger partial charge in [-0.25, -0.2) is 0 Å². The van der Waals surface area contributed by atoms with Crippen LogP contribution in [0.4, 0.5) is 17.1 Å². The van der Waals surface area contributed by atoms with E-state index in [9.17, 15) is 0 Å². The van der Waals surface area contributed by atoms with Crippen LogP contribution >= 0.6 is 0 Å². The van der Waals surface area contributed by atoms with Crippen molar-refractivity contribution in [3.8, 4) is 33.4 Å². The maximum atomic E-state index is 2.69. The first kappa shape index (κ1) is 35.1. The van der Waals surface area contributed by atoms with E-state index in [0.29, 0.717) is 11.8 Å². The van der Waals surface area contributed by atoms with Crippen molar-refractivity contribution in [3.05, 3.63) is 161 Å². The minimum absolute atomic E-state index is 0.0373. The summed E-state index contributed by atoms with van der Waals surface area (Å²) in [6, 6.07) is 50.2. The minimum Gasteiger partial charge on any atom is -0.310 e. The Morgan fingerprint density at radius 2 is 1.00 bits per heavy atom. The summed E-state index contributed by atoms with van der Waals surface area (Å²) in [6.45, 7) is 14.7. The molecule has 1 nitrogen and oxygen atoms in total. The van der Waals surface area contributed by atoms with E-state index in [1.165, 1.54) is 118 Å². The van der Waals surface area contributed by atoms with Crippen LogP contribution in [0.25, 0.3) is 33.4 Å². The molecule has 0 unspecified atom stereocenters. The molecule has 0 amide bonds. The monoisotopic (exact) mass is 755 g/mol. The Morgan fingerprint density at radius 1 is 0.448 bits per heavy atom. The van der Waals surface area contributed by atoms with Gasteiger partial charge in [0.05, 0.1) is 5.69 Å². The summed E-state index contributed by atoms with van der Waals surface area (Å²) < 4.78 is 0. The van der Waals surface area contributed by atoms with Crippen molar-refractivity contribution < 1.29 is 0 Å². The van der Waals surface area contributed by atoms with Crippen LogP contribution in [0.3, 0.4) is 0 Å². The third-order valence-electron chi connectivity index (χ3n) is 16.9. The SMILES string of the molecule is CC1(C)CCC(C)(C)c2cc(N(c3ccc4c(c3)C(C)(C)c3ccccc3-4)c3ccc(-c4ccccc4)c4c3-c3ccccc3C43C4CC5CC(C4)CC3C5)ccc21. The molecular weight excluding hydrogens is 699 g/mol. The molecule has 0 aliphatic heterocycles. The first-order chi connectivity index (χ1) is 28.0. The summed E-state index contributed by atoms with van der Waals surface area (Å²) in [5, 5.41) is 0. The van der Waals surface area contributed by atoms with Crippen molar-refractivity contribution >= 4 is 17.1 Å². The lowest BCUT2D eigenvalue weighted by molar-refractivity contribution is -0.0397. The topological polar surface area (TPSA) is 3.24 Å². The highest BCUT2D eigenvalue weighted by Gasteiger charge is 2.62. The van der Waals surface area contributed by atoms with Crippen LogP contribution in [0.1, 0.15) is 120 Å². The van der Waals surface area contributed by atoms with E-state index in [1.807, 2.05) is 0 Å². The first-order valence-corrected chi connectivity index (χ1v) is 22.5. The van der Waals surface area contributed by atoms with Crippen LogP contribution in [-0.4, -0.2) is 0 Å². The predicted molar refractivity (Wildman–Crippen MR) is 243 cm³/mol. The second kappa shape index (κ2) is 11.9. The first-order valence-electron chi connectivity index (χ1n) is 22.5. The lowest BCUT2D eigenvalue weighted by atomic mass is 9.42. The number of benzene rings is 6. The maximum absolute atomic E-state index is 2.69. The summed E-state index contributed by atoms with van der Waals surface area (Å²) in [5.41, 5.74) is 21.7. The highest BCUT2D eigenvalue weighted by Crippen LogP contribution is 2.72. The average Bonchev–Trinajstić information content (AvgIpc) is 3.65. The van der Waals surface area contributed by atoms with Gasteiger partial charge in [0.25, 0.3) is 0 Å². The number of nitrogens with zero attached hydrogens (tertiary/aromatic N) is 1.